The lowest BCUT2D eigenvalue weighted by atomic mass is 10.0. The van der Waals surface area contributed by atoms with Crippen molar-refractivity contribution in [2.24, 2.45) is 0 Å². The van der Waals surface area contributed by atoms with Gasteiger partial charge in [0.1, 0.15) is 0 Å². The molecule has 5 rings (SSSR count). The molecule has 0 unspecified atom stereocenters. The Balaban J connectivity index is 1.55. The van der Waals surface area contributed by atoms with Crippen LogP contribution >= 0.6 is 11.6 Å². The molecule has 30 heavy (non-hydrogen) atoms. The Morgan fingerprint density at radius 3 is 2.57 bits per heavy atom. The average Bonchev–Trinajstić information content (AvgIpc) is 3.33. The number of amides is 1. The fourth-order valence-electron chi connectivity index (χ4n) is 4.13. The van der Waals surface area contributed by atoms with Gasteiger partial charge in [-0.25, -0.2) is 8.42 Å². The highest BCUT2D eigenvalue weighted by atomic mass is 35.5. The van der Waals surface area contributed by atoms with Crippen LogP contribution in [0, 0.1) is 0 Å². The van der Waals surface area contributed by atoms with Crippen LogP contribution in [0.25, 0.3) is 22.2 Å². The molecule has 0 saturated carbocycles. The maximum absolute atomic E-state index is 13.1. The molecule has 2 aromatic carbocycles. The van der Waals surface area contributed by atoms with E-state index in [9.17, 15) is 13.2 Å². The number of sulfonamides is 1. The summed E-state index contributed by atoms with van der Waals surface area (Å²) in [5.74, 6) is -0.153. The van der Waals surface area contributed by atoms with Gasteiger partial charge in [-0.3, -0.25) is 4.79 Å². The summed E-state index contributed by atoms with van der Waals surface area (Å²) in [5.41, 5.74) is 3.67. The second-order valence-corrected chi connectivity index (χ2v) is 10.1. The summed E-state index contributed by atoms with van der Waals surface area (Å²) in [6.07, 6.45) is 0. The molecule has 0 aliphatic carbocycles. The van der Waals surface area contributed by atoms with Crippen molar-refractivity contribution in [1.29, 1.82) is 0 Å². The summed E-state index contributed by atoms with van der Waals surface area (Å²) < 4.78 is 27.7. The molecule has 3 aromatic rings. The van der Waals surface area contributed by atoms with Crippen molar-refractivity contribution in [3.63, 3.8) is 0 Å². The molecule has 1 amide bonds. The van der Waals surface area contributed by atoms with Crippen molar-refractivity contribution in [3.8, 4) is 11.3 Å². The van der Waals surface area contributed by atoms with Crippen molar-refractivity contribution >= 4 is 38.4 Å². The van der Waals surface area contributed by atoms with Gasteiger partial charge in [0.2, 0.25) is 10.0 Å². The zero-order valence-electron chi connectivity index (χ0n) is 16.4. The molecule has 1 saturated heterocycles. The number of benzene rings is 2. The zero-order chi connectivity index (χ0) is 21.0. The van der Waals surface area contributed by atoms with E-state index in [1.165, 1.54) is 4.31 Å². The number of aromatic amines is 1. The Labute approximate surface area is 179 Å². The molecular formula is C21H21ClN4O3S. The molecule has 2 aliphatic rings. The highest BCUT2D eigenvalue weighted by Gasteiger charge is 2.29. The number of H-pyrrole nitrogens is 1. The van der Waals surface area contributed by atoms with Crippen LogP contribution in [-0.2, 0) is 16.6 Å². The van der Waals surface area contributed by atoms with Gasteiger partial charge in [0.25, 0.3) is 5.91 Å². The van der Waals surface area contributed by atoms with Crippen LogP contribution in [0.15, 0.2) is 41.3 Å². The molecule has 7 nitrogen and oxygen atoms in total. The predicted molar refractivity (Wildman–Crippen MR) is 116 cm³/mol. The van der Waals surface area contributed by atoms with E-state index >= 15 is 0 Å². The molecule has 9 heteroatoms. The van der Waals surface area contributed by atoms with Crippen LogP contribution in [0.2, 0.25) is 5.02 Å². The number of carbonyl (C=O) groups excluding carboxylic acids is 1. The SMILES string of the molecule is CN1CCN(S(=O)(=O)c2ccc3[nH]c(-c4ccc(Cl)c5c4C(=O)NC5)cc3c2)CC1. The third-order valence-corrected chi connectivity index (χ3v) is 8.14. The van der Waals surface area contributed by atoms with Crippen LogP contribution in [0.5, 0.6) is 0 Å². The average molecular weight is 445 g/mol. The third kappa shape index (κ3) is 3.11. The lowest BCUT2D eigenvalue weighted by molar-refractivity contribution is 0.0966. The zero-order valence-corrected chi connectivity index (χ0v) is 18.0. The number of aromatic nitrogens is 1. The van der Waals surface area contributed by atoms with Crippen LogP contribution < -0.4 is 5.32 Å². The minimum absolute atomic E-state index is 0.153. The van der Waals surface area contributed by atoms with E-state index < -0.39 is 10.0 Å². The van der Waals surface area contributed by atoms with Gasteiger partial charge in [0.15, 0.2) is 0 Å². The Hall–Kier alpha value is -2.39. The van der Waals surface area contributed by atoms with E-state index in [2.05, 4.69) is 15.2 Å². The quantitative estimate of drug-likeness (QED) is 0.650. The van der Waals surface area contributed by atoms with E-state index in [-0.39, 0.29) is 10.8 Å². The number of nitrogens with zero attached hydrogens (tertiary/aromatic N) is 2. The van der Waals surface area contributed by atoms with Crippen molar-refractivity contribution in [2.45, 2.75) is 11.4 Å². The van der Waals surface area contributed by atoms with E-state index in [0.29, 0.717) is 30.2 Å². The lowest BCUT2D eigenvalue weighted by Gasteiger charge is -2.31. The summed E-state index contributed by atoms with van der Waals surface area (Å²) in [6, 6.07) is 10.6. The first-order valence-electron chi connectivity index (χ1n) is 9.76. The first kappa shape index (κ1) is 19.6. The van der Waals surface area contributed by atoms with E-state index in [1.54, 1.807) is 24.3 Å². The Bertz CT molecular complexity index is 1280. The molecule has 2 N–H and O–H groups in total. The van der Waals surface area contributed by atoms with Gasteiger partial charge in [-0.05, 0) is 37.4 Å². The maximum atomic E-state index is 13.1. The third-order valence-electron chi connectivity index (χ3n) is 5.89. The highest BCUT2D eigenvalue weighted by Crippen LogP contribution is 2.35. The summed E-state index contributed by atoms with van der Waals surface area (Å²) >= 11 is 6.25. The molecular weight excluding hydrogens is 424 g/mol. The van der Waals surface area contributed by atoms with Gasteiger partial charge in [-0.2, -0.15) is 4.31 Å². The van der Waals surface area contributed by atoms with E-state index in [1.807, 2.05) is 19.2 Å². The number of fused-ring (bicyclic) bond motifs is 2. The number of halogens is 1. The first-order valence-corrected chi connectivity index (χ1v) is 11.6. The number of piperazine rings is 1. The van der Waals surface area contributed by atoms with Crippen LogP contribution in [-0.4, -0.2) is 61.7 Å². The van der Waals surface area contributed by atoms with Crippen LogP contribution in [0.3, 0.4) is 0 Å². The number of carbonyl (C=O) groups is 1. The fraction of sp³-hybridized carbons (Fsp3) is 0.286. The number of hydrogen-bond acceptors (Lipinski definition) is 4. The Morgan fingerprint density at radius 2 is 1.80 bits per heavy atom. The number of rotatable bonds is 3. The van der Waals surface area contributed by atoms with Crippen molar-refractivity contribution in [2.75, 3.05) is 33.2 Å². The van der Waals surface area contributed by atoms with Crippen molar-refractivity contribution < 1.29 is 13.2 Å². The Kier molecular flexibility index (Phi) is 4.62. The van der Waals surface area contributed by atoms with Gasteiger partial charge in [0.05, 0.1) is 10.5 Å². The largest absolute Gasteiger partial charge is 0.355 e. The maximum Gasteiger partial charge on any atom is 0.252 e. The van der Waals surface area contributed by atoms with Gasteiger partial charge >= 0.3 is 0 Å². The second-order valence-electron chi connectivity index (χ2n) is 7.77. The molecule has 2 aliphatic heterocycles. The molecule has 0 atom stereocenters. The molecule has 0 spiro atoms. The highest BCUT2D eigenvalue weighted by molar-refractivity contribution is 7.89. The smallest absolute Gasteiger partial charge is 0.252 e. The van der Waals surface area contributed by atoms with Gasteiger partial charge in [-0.15, -0.1) is 0 Å². The molecule has 0 radical (unpaired) electrons. The topological polar surface area (TPSA) is 85.5 Å². The standard InChI is InChI=1S/C21H21ClN4O3S/c1-25-6-8-26(9-7-25)30(28,29)14-2-5-18-13(10-14)11-19(24-18)15-3-4-17(22)16-12-23-21(27)20(15)16/h2-5,10-11,24H,6-9,12H2,1H3,(H,23,27). The minimum Gasteiger partial charge on any atom is -0.355 e. The minimum atomic E-state index is -3.55. The Morgan fingerprint density at radius 1 is 1.03 bits per heavy atom. The summed E-state index contributed by atoms with van der Waals surface area (Å²) in [7, 11) is -1.55. The van der Waals surface area contributed by atoms with Gasteiger partial charge in [0, 0.05) is 65.5 Å². The molecule has 1 fully saturated rings. The van der Waals surface area contributed by atoms with Crippen LogP contribution in [0.4, 0.5) is 0 Å². The molecule has 3 heterocycles. The number of nitrogens with one attached hydrogen (secondary N) is 2. The number of hydrogen-bond donors (Lipinski definition) is 2. The van der Waals surface area contributed by atoms with Gasteiger partial charge in [-0.1, -0.05) is 17.7 Å². The first-order chi connectivity index (χ1) is 14.3. The molecule has 156 valence electrons. The fourth-order valence-corrected chi connectivity index (χ4v) is 5.81. The second kappa shape index (κ2) is 7.09. The van der Waals surface area contributed by atoms with E-state index in [0.717, 1.165) is 40.8 Å². The monoisotopic (exact) mass is 444 g/mol. The summed E-state index contributed by atoms with van der Waals surface area (Å²) in [6.45, 7) is 2.83. The van der Waals surface area contributed by atoms with Gasteiger partial charge < -0.3 is 15.2 Å². The van der Waals surface area contributed by atoms with Crippen LogP contribution in [0.1, 0.15) is 15.9 Å². The van der Waals surface area contributed by atoms with Crippen molar-refractivity contribution in [1.82, 2.24) is 19.5 Å². The normalized spacial score (nSPS) is 18.0. The molecule has 1 aromatic heterocycles. The summed E-state index contributed by atoms with van der Waals surface area (Å²) in [4.78, 5) is 18.0. The van der Waals surface area contributed by atoms with Crippen molar-refractivity contribution in [3.05, 3.63) is 52.5 Å². The lowest BCUT2D eigenvalue weighted by Crippen LogP contribution is -2.46. The summed E-state index contributed by atoms with van der Waals surface area (Å²) in [5, 5.41) is 4.15. The number of likely N-dealkylation sites (N-methyl/N-ethyl adjacent to an activating group) is 1. The predicted octanol–water partition coefficient (Wildman–Crippen LogP) is 2.67. The van der Waals surface area contributed by atoms with E-state index in [4.69, 9.17) is 11.6 Å². The molecule has 0 bridgehead atoms.